The summed E-state index contributed by atoms with van der Waals surface area (Å²) in [4.78, 5) is 38.2. The second-order valence-corrected chi connectivity index (χ2v) is 5.30. The molecule has 0 saturated carbocycles. The molecule has 0 spiro atoms. The Balaban J connectivity index is 1.71. The number of ether oxygens (including phenoxy) is 1. The Morgan fingerprint density at radius 3 is 2.71 bits per heavy atom. The lowest BCUT2D eigenvalue weighted by atomic mass is 10.3. The molecule has 8 nitrogen and oxygen atoms in total. The summed E-state index contributed by atoms with van der Waals surface area (Å²) in [6.45, 7) is 2.00. The Kier molecular flexibility index (Phi) is 5.66. The molecule has 3 amide bonds. The average molecular weight is 299 g/mol. The van der Waals surface area contributed by atoms with Gasteiger partial charge in [0.1, 0.15) is 0 Å². The van der Waals surface area contributed by atoms with Crippen molar-refractivity contribution in [3.05, 3.63) is 0 Å². The number of amides is 3. The number of imide groups is 1. The maximum Gasteiger partial charge on any atom is 0.246 e. The fraction of sp³-hybridized carbons (Fsp3) is 0.769. The molecule has 1 atom stereocenters. The number of likely N-dealkylation sites (tertiary alicyclic amines) is 1. The molecular weight excluding hydrogens is 278 g/mol. The number of nitrogens with zero attached hydrogens (tertiary/aromatic N) is 2. The van der Waals surface area contributed by atoms with Crippen LogP contribution in [0.2, 0.25) is 0 Å². The molecule has 1 unspecified atom stereocenters. The van der Waals surface area contributed by atoms with Gasteiger partial charge in [-0.2, -0.15) is 0 Å². The third-order valence-electron chi connectivity index (χ3n) is 3.58. The minimum absolute atomic E-state index is 0.0448. The van der Waals surface area contributed by atoms with Crippen molar-refractivity contribution in [2.24, 2.45) is 0 Å². The number of aliphatic hydroxyl groups excluding tert-OH is 1. The molecule has 0 aliphatic carbocycles. The number of hydrogen-bond donors (Lipinski definition) is 2. The van der Waals surface area contributed by atoms with E-state index in [1.54, 1.807) is 0 Å². The first-order chi connectivity index (χ1) is 10.1. The van der Waals surface area contributed by atoms with Crippen LogP contribution in [0.3, 0.4) is 0 Å². The van der Waals surface area contributed by atoms with Gasteiger partial charge in [-0.05, 0) is 6.42 Å². The normalized spacial score (nSPS) is 23.4. The predicted octanol–water partition coefficient (Wildman–Crippen LogP) is -2.06. The van der Waals surface area contributed by atoms with Crippen LogP contribution in [0, 0.1) is 0 Å². The first kappa shape index (κ1) is 15.9. The van der Waals surface area contributed by atoms with Gasteiger partial charge in [0.15, 0.2) is 0 Å². The highest BCUT2D eigenvalue weighted by Crippen LogP contribution is 2.08. The lowest BCUT2D eigenvalue weighted by molar-refractivity contribution is -0.137. The molecule has 118 valence electrons. The van der Waals surface area contributed by atoms with Crippen molar-refractivity contribution in [1.29, 1.82) is 0 Å². The summed E-state index contributed by atoms with van der Waals surface area (Å²) in [7, 11) is 0. The minimum atomic E-state index is -0.456. The van der Waals surface area contributed by atoms with Crippen molar-refractivity contribution in [3.63, 3.8) is 0 Å². The Morgan fingerprint density at radius 1 is 1.29 bits per heavy atom. The molecule has 2 aliphatic rings. The van der Waals surface area contributed by atoms with Crippen LogP contribution in [0.1, 0.15) is 12.8 Å². The SMILES string of the molecule is O=C(CN1CCOC(CO)C1)NC(=O)CN1CCCC1=O. The van der Waals surface area contributed by atoms with Gasteiger partial charge < -0.3 is 14.7 Å². The monoisotopic (exact) mass is 299 g/mol. The Morgan fingerprint density at radius 2 is 2.05 bits per heavy atom. The molecule has 0 aromatic carbocycles. The summed E-state index contributed by atoms with van der Waals surface area (Å²) in [5, 5.41) is 11.3. The van der Waals surface area contributed by atoms with Gasteiger partial charge in [-0.25, -0.2) is 0 Å². The largest absolute Gasteiger partial charge is 0.394 e. The summed E-state index contributed by atoms with van der Waals surface area (Å²) in [6, 6.07) is 0. The summed E-state index contributed by atoms with van der Waals surface area (Å²) in [6.07, 6.45) is 0.943. The number of carbonyl (C=O) groups excluding carboxylic acids is 3. The van der Waals surface area contributed by atoms with E-state index in [1.807, 2.05) is 4.90 Å². The van der Waals surface area contributed by atoms with Crippen molar-refractivity contribution in [3.8, 4) is 0 Å². The Labute approximate surface area is 123 Å². The van der Waals surface area contributed by atoms with E-state index in [2.05, 4.69) is 5.32 Å². The molecule has 0 bridgehead atoms. The van der Waals surface area contributed by atoms with Crippen LogP contribution in [-0.4, -0.2) is 84.7 Å². The van der Waals surface area contributed by atoms with Crippen molar-refractivity contribution in [2.45, 2.75) is 18.9 Å². The van der Waals surface area contributed by atoms with Gasteiger partial charge >= 0.3 is 0 Å². The number of aliphatic hydroxyl groups is 1. The van der Waals surface area contributed by atoms with Gasteiger partial charge in [-0.1, -0.05) is 0 Å². The third-order valence-corrected chi connectivity index (χ3v) is 3.58. The van der Waals surface area contributed by atoms with Crippen molar-refractivity contribution < 1.29 is 24.2 Å². The lowest BCUT2D eigenvalue weighted by Gasteiger charge is -2.31. The standard InChI is InChI=1S/C13H21N3O5/c17-9-10-6-15(4-5-21-10)7-11(18)14-12(19)8-16-3-1-2-13(16)20/h10,17H,1-9H2,(H,14,18,19). The van der Waals surface area contributed by atoms with E-state index >= 15 is 0 Å². The number of carbonyl (C=O) groups is 3. The Bertz CT molecular complexity index is 415. The smallest absolute Gasteiger partial charge is 0.246 e. The molecule has 2 heterocycles. The number of morpholine rings is 1. The Hall–Kier alpha value is -1.51. The first-order valence-electron chi connectivity index (χ1n) is 7.13. The molecule has 0 radical (unpaired) electrons. The number of rotatable bonds is 5. The van der Waals surface area contributed by atoms with Crippen LogP contribution in [0.5, 0.6) is 0 Å². The molecule has 2 aliphatic heterocycles. The average Bonchev–Trinajstić information content (AvgIpc) is 2.84. The number of hydrogen-bond acceptors (Lipinski definition) is 6. The van der Waals surface area contributed by atoms with Gasteiger partial charge in [-0.3, -0.25) is 24.6 Å². The summed E-state index contributed by atoms with van der Waals surface area (Å²) < 4.78 is 5.29. The second kappa shape index (κ2) is 7.48. The van der Waals surface area contributed by atoms with E-state index in [9.17, 15) is 14.4 Å². The second-order valence-electron chi connectivity index (χ2n) is 5.30. The topological polar surface area (TPSA) is 99.2 Å². The molecule has 2 saturated heterocycles. The van der Waals surface area contributed by atoms with E-state index in [0.717, 1.165) is 6.42 Å². The van der Waals surface area contributed by atoms with Crippen LogP contribution in [0.25, 0.3) is 0 Å². The molecule has 2 rings (SSSR count). The van der Waals surface area contributed by atoms with Gasteiger partial charge in [0.05, 0.1) is 32.4 Å². The van der Waals surface area contributed by atoms with Gasteiger partial charge in [0.2, 0.25) is 17.7 Å². The number of nitrogens with one attached hydrogen (secondary N) is 1. The van der Waals surface area contributed by atoms with E-state index in [1.165, 1.54) is 4.90 Å². The summed E-state index contributed by atoms with van der Waals surface area (Å²) in [5.41, 5.74) is 0. The van der Waals surface area contributed by atoms with Gasteiger partial charge in [-0.15, -0.1) is 0 Å². The molecule has 0 aromatic heterocycles. The first-order valence-corrected chi connectivity index (χ1v) is 7.13. The molecule has 8 heteroatoms. The van der Waals surface area contributed by atoms with Crippen molar-refractivity contribution in [2.75, 3.05) is 45.9 Å². The minimum Gasteiger partial charge on any atom is -0.394 e. The van der Waals surface area contributed by atoms with Crippen LogP contribution in [-0.2, 0) is 19.1 Å². The zero-order chi connectivity index (χ0) is 15.2. The summed E-state index contributed by atoms with van der Waals surface area (Å²) in [5.74, 6) is -0.899. The highest BCUT2D eigenvalue weighted by molar-refractivity contribution is 5.98. The maximum atomic E-state index is 11.8. The van der Waals surface area contributed by atoms with Crippen LogP contribution in [0.15, 0.2) is 0 Å². The predicted molar refractivity (Wildman–Crippen MR) is 72.2 cm³/mol. The van der Waals surface area contributed by atoms with E-state index < -0.39 is 11.8 Å². The summed E-state index contributed by atoms with van der Waals surface area (Å²) >= 11 is 0. The quantitative estimate of drug-likeness (QED) is 0.606. The van der Waals surface area contributed by atoms with Crippen molar-refractivity contribution >= 4 is 17.7 Å². The van der Waals surface area contributed by atoms with Crippen LogP contribution >= 0.6 is 0 Å². The zero-order valence-corrected chi connectivity index (χ0v) is 11.9. The van der Waals surface area contributed by atoms with Crippen LogP contribution < -0.4 is 5.32 Å². The fourth-order valence-electron chi connectivity index (χ4n) is 2.52. The highest BCUT2D eigenvalue weighted by Gasteiger charge is 2.25. The highest BCUT2D eigenvalue weighted by atomic mass is 16.5. The van der Waals surface area contributed by atoms with Crippen molar-refractivity contribution in [1.82, 2.24) is 15.1 Å². The van der Waals surface area contributed by atoms with E-state index in [0.29, 0.717) is 32.7 Å². The maximum absolute atomic E-state index is 11.8. The molecular formula is C13H21N3O5. The zero-order valence-electron chi connectivity index (χ0n) is 11.9. The van der Waals surface area contributed by atoms with Crippen LogP contribution in [0.4, 0.5) is 0 Å². The fourth-order valence-corrected chi connectivity index (χ4v) is 2.52. The van der Waals surface area contributed by atoms with Gasteiger partial charge in [0.25, 0.3) is 0 Å². The molecule has 0 aromatic rings. The molecule has 2 N–H and O–H groups in total. The molecule has 21 heavy (non-hydrogen) atoms. The van der Waals surface area contributed by atoms with E-state index in [4.69, 9.17) is 9.84 Å². The van der Waals surface area contributed by atoms with Gasteiger partial charge in [0, 0.05) is 26.1 Å². The molecule has 2 fully saturated rings. The third kappa shape index (κ3) is 4.76. The lowest BCUT2D eigenvalue weighted by Crippen LogP contribution is -2.49. The van der Waals surface area contributed by atoms with E-state index in [-0.39, 0.29) is 31.7 Å².